The molecular weight excluding hydrogens is 338 g/mol. The third-order valence-corrected chi connectivity index (χ3v) is 4.54. The second-order valence-corrected chi connectivity index (χ2v) is 7.64. The molecule has 0 unspecified atom stereocenters. The zero-order valence-electron chi connectivity index (χ0n) is 14.8. The van der Waals surface area contributed by atoms with Crippen molar-refractivity contribution in [1.82, 2.24) is 4.83 Å². The Balaban J connectivity index is 2.03. The topological polar surface area (TPSA) is 71.0 Å². The lowest BCUT2D eigenvalue weighted by Crippen LogP contribution is -2.18. The minimum Gasteiger partial charge on any atom is -0.491 e. The van der Waals surface area contributed by atoms with E-state index in [1.54, 1.807) is 12.1 Å². The van der Waals surface area contributed by atoms with Crippen LogP contribution in [0, 0.1) is 0 Å². The Labute approximate surface area is 149 Å². The van der Waals surface area contributed by atoms with Gasteiger partial charge in [0.2, 0.25) is 0 Å². The number of benzene rings is 2. The lowest BCUT2D eigenvalue weighted by Gasteiger charge is -2.11. The van der Waals surface area contributed by atoms with Crippen LogP contribution >= 0.6 is 0 Å². The minimum absolute atomic E-state index is 0.0315. The van der Waals surface area contributed by atoms with Crippen molar-refractivity contribution in [2.24, 2.45) is 5.10 Å². The number of hydrogen-bond donors (Lipinski definition) is 1. The van der Waals surface area contributed by atoms with Crippen LogP contribution in [-0.4, -0.2) is 34.8 Å². The summed E-state index contributed by atoms with van der Waals surface area (Å²) in [6.07, 6.45) is 1.50. The number of rotatable bonds is 7. The SMILES string of the molecule is CC(C)Oc1ccc(S(=O)(=O)N/N=C/c2ccc(N(C)C)cc2)cc1. The molecule has 0 aliphatic rings. The summed E-state index contributed by atoms with van der Waals surface area (Å²) in [6, 6.07) is 13.8. The molecule has 25 heavy (non-hydrogen) atoms. The van der Waals surface area contributed by atoms with Gasteiger partial charge < -0.3 is 9.64 Å². The average molecular weight is 361 g/mol. The van der Waals surface area contributed by atoms with Gasteiger partial charge in [0.05, 0.1) is 17.2 Å². The van der Waals surface area contributed by atoms with Crippen LogP contribution in [0.25, 0.3) is 0 Å². The fourth-order valence-electron chi connectivity index (χ4n) is 2.05. The second-order valence-electron chi connectivity index (χ2n) is 5.98. The van der Waals surface area contributed by atoms with Crippen molar-refractivity contribution in [3.8, 4) is 5.75 Å². The van der Waals surface area contributed by atoms with E-state index in [9.17, 15) is 8.42 Å². The van der Waals surface area contributed by atoms with Crippen LogP contribution in [0.4, 0.5) is 5.69 Å². The van der Waals surface area contributed by atoms with Gasteiger partial charge in [0.15, 0.2) is 0 Å². The normalized spacial score (nSPS) is 11.7. The van der Waals surface area contributed by atoms with Crippen LogP contribution in [-0.2, 0) is 10.0 Å². The molecule has 0 aliphatic heterocycles. The van der Waals surface area contributed by atoms with Crippen molar-refractivity contribution in [2.75, 3.05) is 19.0 Å². The van der Waals surface area contributed by atoms with Crippen LogP contribution in [0.1, 0.15) is 19.4 Å². The molecule has 2 aromatic rings. The van der Waals surface area contributed by atoms with Gasteiger partial charge in [-0.2, -0.15) is 13.5 Å². The minimum atomic E-state index is -3.71. The lowest BCUT2D eigenvalue weighted by atomic mass is 10.2. The maximum Gasteiger partial charge on any atom is 0.276 e. The van der Waals surface area contributed by atoms with Gasteiger partial charge in [-0.3, -0.25) is 0 Å². The number of nitrogens with one attached hydrogen (secondary N) is 1. The molecule has 2 aromatic carbocycles. The maximum atomic E-state index is 12.2. The number of anilines is 1. The van der Waals surface area contributed by atoms with Crippen molar-refractivity contribution < 1.29 is 13.2 Å². The molecule has 7 heteroatoms. The molecule has 134 valence electrons. The Bertz CT molecular complexity index is 812. The van der Waals surface area contributed by atoms with Crippen molar-refractivity contribution in [1.29, 1.82) is 0 Å². The summed E-state index contributed by atoms with van der Waals surface area (Å²) in [4.78, 5) is 4.32. The summed E-state index contributed by atoms with van der Waals surface area (Å²) in [5, 5.41) is 3.83. The average Bonchev–Trinajstić information content (AvgIpc) is 2.55. The van der Waals surface area contributed by atoms with E-state index in [-0.39, 0.29) is 11.0 Å². The van der Waals surface area contributed by atoms with E-state index >= 15 is 0 Å². The maximum absolute atomic E-state index is 12.2. The van der Waals surface area contributed by atoms with E-state index in [1.165, 1.54) is 18.3 Å². The van der Waals surface area contributed by atoms with E-state index < -0.39 is 10.0 Å². The predicted molar refractivity (Wildman–Crippen MR) is 101 cm³/mol. The molecule has 6 nitrogen and oxygen atoms in total. The molecule has 0 spiro atoms. The van der Waals surface area contributed by atoms with E-state index in [1.807, 2.05) is 57.1 Å². The summed E-state index contributed by atoms with van der Waals surface area (Å²) in [5.74, 6) is 0.624. The smallest absolute Gasteiger partial charge is 0.276 e. The van der Waals surface area contributed by atoms with Gasteiger partial charge in [-0.1, -0.05) is 12.1 Å². The fourth-order valence-corrected chi connectivity index (χ4v) is 2.84. The summed E-state index contributed by atoms with van der Waals surface area (Å²) in [5.41, 5.74) is 1.86. The predicted octanol–water partition coefficient (Wildman–Crippen LogP) is 2.85. The van der Waals surface area contributed by atoms with Crippen molar-refractivity contribution >= 4 is 21.9 Å². The Morgan fingerprint density at radius 3 is 2.16 bits per heavy atom. The van der Waals surface area contributed by atoms with E-state index in [0.717, 1.165) is 11.3 Å². The first-order valence-electron chi connectivity index (χ1n) is 7.87. The molecule has 0 radical (unpaired) electrons. The number of hydrazone groups is 1. The molecule has 0 fully saturated rings. The molecular formula is C18H23N3O3S. The zero-order valence-corrected chi connectivity index (χ0v) is 15.6. The molecule has 0 saturated carbocycles. The first-order chi connectivity index (χ1) is 11.8. The molecule has 0 saturated heterocycles. The third kappa shape index (κ3) is 5.49. The molecule has 0 heterocycles. The molecule has 1 N–H and O–H groups in total. The number of nitrogens with zero attached hydrogens (tertiary/aromatic N) is 2. The Kier molecular flexibility index (Phi) is 6.03. The molecule has 0 amide bonds. The van der Waals surface area contributed by atoms with Gasteiger partial charge in [-0.15, -0.1) is 0 Å². The van der Waals surface area contributed by atoms with Gasteiger partial charge in [0.25, 0.3) is 10.0 Å². The molecule has 2 rings (SSSR count). The van der Waals surface area contributed by atoms with Gasteiger partial charge in [0, 0.05) is 19.8 Å². The lowest BCUT2D eigenvalue weighted by molar-refractivity contribution is 0.242. The highest BCUT2D eigenvalue weighted by molar-refractivity contribution is 7.89. The van der Waals surface area contributed by atoms with E-state index in [2.05, 4.69) is 9.93 Å². The molecule has 0 aliphatic carbocycles. The van der Waals surface area contributed by atoms with Crippen LogP contribution in [0.15, 0.2) is 58.5 Å². The summed E-state index contributed by atoms with van der Waals surface area (Å²) in [6.45, 7) is 3.82. The number of hydrogen-bond acceptors (Lipinski definition) is 5. The van der Waals surface area contributed by atoms with Crippen LogP contribution in [0.3, 0.4) is 0 Å². The molecule has 0 atom stereocenters. The first-order valence-corrected chi connectivity index (χ1v) is 9.35. The Hall–Kier alpha value is -2.54. The highest BCUT2D eigenvalue weighted by Crippen LogP contribution is 2.17. The van der Waals surface area contributed by atoms with Gasteiger partial charge in [0.1, 0.15) is 5.75 Å². The van der Waals surface area contributed by atoms with E-state index in [0.29, 0.717) is 5.75 Å². The van der Waals surface area contributed by atoms with Crippen molar-refractivity contribution in [3.05, 3.63) is 54.1 Å². The largest absolute Gasteiger partial charge is 0.491 e. The third-order valence-electron chi connectivity index (χ3n) is 3.30. The van der Waals surface area contributed by atoms with Crippen LogP contribution < -0.4 is 14.5 Å². The van der Waals surface area contributed by atoms with Crippen LogP contribution in [0.5, 0.6) is 5.75 Å². The van der Waals surface area contributed by atoms with E-state index in [4.69, 9.17) is 4.74 Å². The molecule has 0 aromatic heterocycles. The standard InChI is InChI=1S/C18H23N3O3S/c1-14(2)24-17-9-11-18(12-10-17)25(22,23)20-19-13-15-5-7-16(8-6-15)21(3)4/h5-14,20H,1-4H3/b19-13+. The fraction of sp³-hybridized carbons (Fsp3) is 0.278. The Morgan fingerprint density at radius 1 is 1.04 bits per heavy atom. The van der Waals surface area contributed by atoms with Crippen molar-refractivity contribution in [2.45, 2.75) is 24.8 Å². The zero-order chi connectivity index (χ0) is 18.4. The first kappa shape index (κ1) is 18.8. The highest BCUT2D eigenvalue weighted by atomic mass is 32.2. The highest BCUT2D eigenvalue weighted by Gasteiger charge is 2.12. The number of sulfonamides is 1. The summed E-state index contributed by atoms with van der Waals surface area (Å²) in [7, 11) is 0.197. The summed E-state index contributed by atoms with van der Waals surface area (Å²) >= 11 is 0. The van der Waals surface area contributed by atoms with Gasteiger partial charge in [-0.05, 0) is 55.8 Å². The second kappa shape index (κ2) is 8.02. The Morgan fingerprint density at radius 2 is 1.64 bits per heavy atom. The monoisotopic (exact) mass is 361 g/mol. The van der Waals surface area contributed by atoms with Crippen molar-refractivity contribution in [3.63, 3.8) is 0 Å². The van der Waals surface area contributed by atoms with Gasteiger partial charge in [-0.25, -0.2) is 4.83 Å². The summed E-state index contributed by atoms with van der Waals surface area (Å²) < 4.78 is 30.0. The quantitative estimate of drug-likeness (QED) is 0.608. The van der Waals surface area contributed by atoms with Gasteiger partial charge >= 0.3 is 0 Å². The number of ether oxygens (including phenoxy) is 1. The molecule has 0 bridgehead atoms. The van der Waals surface area contributed by atoms with Crippen LogP contribution in [0.2, 0.25) is 0 Å².